The fourth-order valence-corrected chi connectivity index (χ4v) is 0.852. The van der Waals surface area contributed by atoms with Gasteiger partial charge in [-0.3, -0.25) is 4.79 Å². The minimum atomic E-state index is 0.197. The highest BCUT2D eigenvalue weighted by atomic mass is 16.1. The van der Waals surface area contributed by atoms with Gasteiger partial charge >= 0.3 is 0 Å². The van der Waals surface area contributed by atoms with Crippen LogP contribution in [0.5, 0.6) is 0 Å². The molecule has 0 N–H and O–H groups in total. The lowest BCUT2D eigenvalue weighted by atomic mass is 10.1. The van der Waals surface area contributed by atoms with Crippen molar-refractivity contribution in [3.05, 3.63) is 39.8 Å². The predicted molar refractivity (Wildman–Crippen MR) is 45.4 cm³/mol. The highest BCUT2D eigenvalue weighted by molar-refractivity contribution is 5.77. The van der Waals surface area contributed by atoms with Crippen LogP contribution in [0.1, 0.15) is 15.9 Å². The van der Waals surface area contributed by atoms with Gasteiger partial charge in [0.1, 0.15) is 6.29 Å². The SMILES string of the molecule is N#Cc1cc(C=O)ccc1N=[N+]=[N-]. The zero-order chi connectivity index (χ0) is 9.68. The van der Waals surface area contributed by atoms with Crippen LogP contribution in [0, 0.1) is 11.3 Å². The molecule has 0 bridgehead atoms. The number of nitriles is 1. The van der Waals surface area contributed by atoms with E-state index in [9.17, 15) is 4.79 Å². The second-order valence-corrected chi connectivity index (χ2v) is 2.20. The number of carbonyl (C=O) groups excluding carboxylic acids is 1. The smallest absolute Gasteiger partial charge is 0.150 e. The Morgan fingerprint density at radius 1 is 1.62 bits per heavy atom. The van der Waals surface area contributed by atoms with E-state index in [-0.39, 0.29) is 11.3 Å². The van der Waals surface area contributed by atoms with E-state index in [0.717, 1.165) is 0 Å². The third-order valence-corrected chi connectivity index (χ3v) is 1.43. The Kier molecular flexibility index (Phi) is 2.64. The second-order valence-electron chi connectivity index (χ2n) is 2.20. The van der Waals surface area contributed by atoms with Crippen molar-refractivity contribution in [1.29, 1.82) is 5.26 Å². The molecule has 5 nitrogen and oxygen atoms in total. The van der Waals surface area contributed by atoms with Gasteiger partial charge in [0.05, 0.1) is 17.3 Å². The molecule has 62 valence electrons. The molecular weight excluding hydrogens is 168 g/mol. The molecule has 0 heterocycles. The topological polar surface area (TPSA) is 89.6 Å². The van der Waals surface area contributed by atoms with Gasteiger partial charge in [-0.15, -0.1) is 0 Å². The Labute approximate surface area is 73.8 Å². The molecule has 0 amide bonds. The van der Waals surface area contributed by atoms with Crippen LogP contribution in [-0.4, -0.2) is 6.29 Å². The average Bonchev–Trinajstić information content (AvgIpc) is 2.19. The summed E-state index contributed by atoms with van der Waals surface area (Å²) in [5, 5.41) is 11.9. The number of hydrogen-bond donors (Lipinski definition) is 0. The first kappa shape index (κ1) is 8.78. The summed E-state index contributed by atoms with van der Waals surface area (Å²) in [5.74, 6) is 0. The quantitative estimate of drug-likeness (QED) is 0.296. The largest absolute Gasteiger partial charge is 0.298 e. The van der Waals surface area contributed by atoms with Gasteiger partial charge in [0.2, 0.25) is 0 Å². The molecule has 0 saturated carbocycles. The van der Waals surface area contributed by atoms with Crippen LogP contribution in [0.2, 0.25) is 0 Å². The summed E-state index contributed by atoms with van der Waals surface area (Å²) in [5.41, 5.74) is 8.96. The molecule has 0 aliphatic rings. The third kappa shape index (κ3) is 1.83. The average molecular weight is 172 g/mol. The number of rotatable bonds is 2. The lowest BCUT2D eigenvalue weighted by Crippen LogP contribution is -1.82. The molecular formula is C8H4N4O. The van der Waals surface area contributed by atoms with Crippen LogP contribution < -0.4 is 0 Å². The molecule has 0 saturated heterocycles. The van der Waals surface area contributed by atoms with Crippen LogP contribution in [0.3, 0.4) is 0 Å². The van der Waals surface area contributed by atoms with Crippen LogP contribution in [0.25, 0.3) is 10.4 Å². The Morgan fingerprint density at radius 2 is 2.38 bits per heavy atom. The van der Waals surface area contributed by atoms with Gasteiger partial charge in [-0.1, -0.05) is 17.2 Å². The summed E-state index contributed by atoms with van der Waals surface area (Å²) in [7, 11) is 0. The summed E-state index contributed by atoms with van der Waals surface area (Å²) in [6.07, 6.45) is 0.626. The molecule has 5 heteroatoms. The highest BCUT2D eigenvalue weighted by Crippen LogP contribution is 2.19. The van der Waals surface area contributed by atoms with Gasteiger partial charge in [-0.05, 0) is 11.6 Å². The summed E-state index contributed by atoms with van der Waals surface area (Å²) in [6, 6.07) is 6.12. The fourth-order valence-electron chi connectivity index (χ4n) is 0.852. The normalized spacial score (nSPS) is 8.23. The van der Waals surface area contributed by atoms with Crippen molar-refractivity contribution in [1.82, 2.24) is 0 Å². The molecule has 0 atom stereocenters. The van der Waals surface area contributed by atoms with E-state index >= 15 is 0 Å². The van der Waals surface area contributed by atoms with Crippen LogP contribution >= 0.6 is 0 Å². The van der Waals surface area contributed by atoms with Crippen molar-refractivity contribution in [2.45, 2.75) is 0 Å². The fraction of sp³-hybridized carbons (Fsp3) is 0. The Hall–Kier alpha value is -2.31. The number of azide groups is 1. The maximum absolute atomic E-state index is 10.3. The summed E-state index contributed by atoms with van der Waals surface area (Å²) >= 11 is 0. The van der Waals surface area contributed by atoms with Crippen LogP contribution in [0.4, 0.5) is 5.69 Å². The standard InChI is InChI=1S/C8H4N4O/c9-4-7-3-6(5-13)1-2-8(7)11-12-10/h1-3,5H. The molecule has 0 aromatic heterocycles. The van der Waals surface area contributed by atoms with Gasteiger partial charge in [-0.25, -0.2) is 0 Å². The van der Waals surface area contributed by atoms with E-state index in [2.05, 4.69) is 10.0 Å². The number of aldehydes is 1. The summed E-state index contributed by atoms with van der Waals surface area (Å²) in [6.45, 7) is 0. The van der Waals surface area contributed by atoms with Gasteiger partial charge < -0.3 is 0 Å². The molecule has 0 aliphatic carbocycles. The van der Waals surface area contributed by atoms with Gasteiger partial charge in [0, 0.05) is 10.5 Å². The monoisotopic (exact) mass is 172 g/mol. The molecule has 0 spiro atoms. The zero-order valence-electron chi connectivity index (χ0n) is 6.51. The minimum absolute atomic E-state index is 0.197. The first-order valence-electron chi connectivity index (χ1n) is 3.36. The Bertz CT molecular complexity index is 426. The molecule has 13 heavy (non-hydrogen) atoms. The molecule has 1 aromatic carbocycles. The third-order valence-electron chi connectivity index (χ3n) is 1.43. The van der Waals surface area contributed by atoms with Crippen molar-refractivity contribution in [2.24, 2.45) is 5.11 Å². The molecule has 0 radical (unpaired) electrons. The van der Waals surface area contributed by atoms with Crippen molar-refractivity contribution in [2.75, 3.05) is 0 Å². The minimum Gasteiger partial charge on any atom is -0.298 e. The maximum Gasteiger partial charge on any atom is 0.150 e. The van der Waals surface area contributed by atoms with Crippen molar-refractivity contribution >= 4 is 12.0 Å². The molecule has 1 aromatic rings. The van der Waals surface area contributed by atoms with E-state index in [1.807, 2.05) is 6.07 Å². The van der Waals surface area contributed by atoms with Crippen molar-refractivity contribution in [3.8, 4) is 6.07 Å². The van der Waals surface area contributed by atoms with Crippen LogP contribution in [-0.2, 0) is 0 Å². The van der Waals surface area contributed by atoms with Crippen molar-refractivity contribution in [3.63, 3.8) is 0 Å². The molecule has 1 rings (SSSR count). The van der Waals surface area contributed by atoms with Gasteiger partial charge in [0.15, 0.2) is 0 Å². The molecule has 0 fully saturated rings. The molecule has 0 unspecified atom stereocenters. The van der Waals surface area contributed by atoms with Crippen molar-refractivity contribution < 1.29 is 4.79 Å². The first-order chi connectivity index (χ1) is 6.31. The number of hydrogen-bond acceptors (Lipinski definition) is 3. The van der Waals surface area contributed by atoms with E-state index in [0.29, 0.717) is 11.8 Å². The van der Waals surface area contributed by atoms with Crippen LogP contribution in [0.15, 0.2) is 23.3 Å². The summed E-state index contributed by atoms with van der Waals surface area (Å²) in [4.78, 5) is 12.9. The van der Waals surface area contributed by atoms with E-state index in [4.69, 9.17) is 10.8 Å². The lowest BCUT2D eigenvalue weighted by Gasteiger charge is -1.95. The van der Waals surface area contributed by atoms with Gasteiger partial charge in [0.25, 0.3) is 0 Å². The predicted octanol–water partition coefficient (Wildman–Crippen LogP) is 2.31. The number of nitrogens with zero attached hydrogens (tertiary/aromatic N) is 4. The highest BCUT2D eigenvalue weighted by Gasteiger charge is 2.00. The van der Waals surface area contributed by atoms with Gasteiger partial charge in [-0.2, -0.15) is 5.26 Å². The van der Waals surface area contributed by atoms with E-state index in [1.54, 1.807) is 0 Å². The summed E-state index contributed by atoms with van der Waals surface area (Å²) < 4.78 is 0. The Morgan fingerprint density at radius 3 is 2.92 bits per heavy atom. The molecule has 0 aliphatic heterocycles. The second kappa shape index (κ2) is 3.90. The number of carbonyl (C=O) groups is 1. The maximum atomic E-state index is 10.3. The lowest BCUT2D eigenvalue weighted by molar-refractivity contribution is 0.112. The first-order valence-corrected chi connectivity index (χ1v) is 3.36. The zero-order valence-corrected chi connectivity index (χ0v) is 6.51. The Balaban J connectivity index is 3.33. The van der Waals surface area contributed by atoms with E-state index in [1.165, 1.54) is 18.2 Å². The van der Waals surface area contributed by atoms with E-state index < -0.39 is 0 Å². The number of benzene rings is 1.